The Morgan fingerprint density at radius 3 is 2.95 bits per heavy atom. The number of aryl methyl sites for hydroxylation is 1. The molecular formula is C15H22N4O3. The lowest BCUT2D eigenvalue weighted by molar-refractivity contribution is -0.137. The van der Waals surface area contributed by atoms with Crippen molar-refractivity contribution in [3.05, 3.63) is 17.5 Å². The van der Waals surface area contributed by atoms with Crippen LogP contribution in [0.5, 0.6) is 0 Å². The number of hydrogen-bond donors (Lipinski definition) is 2. The molecule has 2 aliphatic heterocycles. The van der Waals surface area contributed by atoms with E-state index >= 15 is 0 Å². The highest BCUT2D eigenvalue weighted by atomic mass is 16.3. The van der Waals surface area contributed by atoms with Crippen molar-refractivity contribution >= 4 is 11.8 Å². The van der Waals surface area contributed by atoms with Gasteiger partial charge in [0.25, 0.3) is 0 Å². The Kier molecular flexibility index (Phi) is 4.15. The fourth-order valence-corrected chi connectivity index (χ4v) is 3.24. The number of aliphatic hydroxyl groups excluding tert-OH is 1. The molecule has 3 rings (SSSR count). The summed E-state index contributed by atoms with van der Waals surface area (Å²) in [7, 11) is 0. The minimum Gasteiger partial charge on any atom is -0.391 e. The van der Waals surface area contributed by atoms with E-state index in [0.29, 0.717) is 32.5 Å². The van der Waals surface area contributed by atoms with Crippen LogP contribution in [0, 0.1) is 12.8 Å². The van der Waals surface area contributed by atoms with Gasteiger partial charge in [-0.15, -0.1) is 0 Å². The lowest BCUT2D eigenvalue weighted by atomic mass is 10.0. The first-order valence-corrected chi connectivity index (χ1v) is 7.77. The molecule has 1 aromatic rings. The lowest BCUT2D eigenvalue weighted by Gasteiger charge is -2.21. The van der Waals surface area contributed by atoms with Gasteiger partial charge in [-0.05, 0) is 25.8 Å². The predicted molar refractivity (Wildman–Crippen MR) is 78.9 cm³/mol. The number of rotatable bonds is 4. The maximum absolute atomic E-state index is 12.3. The average molecular weight is 306 g/mol. The van der Waals surface area contributed by atoms with Crippen LogP contribution in [0.3, 0.4) is 0 Å². The van der Waals surface area contributed by atoms with E-state index in [4.69, 9.17) is 0 Å². The molecule has 7 nitrogen and oxygen atoms in total. The number of aromatic amines is 1. The molecule has 0 radical (unpaired) electrons. The fourth-order valence-electron chi connectivity index (χ4n) is 3.24. The Morgan fingerprint density at radius 1 is 1.50 bits per heavy atom. The van der Waals surface area contributed by atoms with Gasteiger partial charge in [-0.25, -0.2) is 0 Å². The van der Waals surface area contributed by atoms with Crippen molar-refractivity contribution in [2.45, 2.75) is 32.3 Å². The first kappa shape index (κ1) is 15.0. The largest absolute Gasteiger partial charge is 0.391 e. The van der Waals surface area contributed by atoms with E-state index in [1.807, 2.05) is 13.0 Å². The van der Waals surface area contributed by atoms with Crippen LogP contribution < -0.4 is 0 Å². The summed E-state index contributed by atoms with van der Waals surface area (Å²) in [6.45, 7) is 3.60. The Bertz CT molecular complexity index is 571. The molecule has 0 spiro atoms. The first-order chi connectivity index (χ1) is 10.5. The minimum absolute atomic E-state index is 0.000861. The SMILES string of the molecule is Cc1cc(C[C@@H]2CN(C(=O)CN3CCCC3=O)C[C@H]2O)n[nH]1. The summed E-state index contributed by atoms with van der Waals surface area (Å²) in [6.07, 6.45) is 1.49. The number of β-amino-alcohol motifs (C(OH)–C–C–N with tert-alkyl or cyclic N) is 1. The summed E-state index contributed by atoms with van der Waals surface area (Å²) in [5.41, 5.74) is 1.90. The quantitative estimate of drug-likeness (QED) is 0.799. The van der Waals surface area contributed by atoms with Crippen LogP contribution in [0.4, 0.5) is 0 Å². The van der Waals surface area contributed by atoms with Gasteiger partial charge in [-0.1, -0.05) is 0 Å². The van der Waals surface area contributed by atoms with Crippen molar-refractivity contribution in [2.24, 2.45) is 5.92 Å². The Hall–Kier alpha value is -1.89. The van der Waals surface area contributed by atoms with Crippen molar-refractivity contribution in [3.63, 3.8) is 0 Å². The van der Waals surface area contributed by atoms with Gasteiger partial charge in [0, 0.05) is 37.7 Å². The van der Waals surface area contributed by atoms with Gasteiger partial charge in [0.1, 0.15) is 0 Å². The molecule has 2 atom stereocenters. The highest BCUT2D eigenvalue weighted by Gasteiger charge is 2.35. The number of likely N-dealkylation sites (tertiary alicyclic amines) is 2. The second-order valence-corrected chi connectivity index (χ2v) is 6.29. The van der Waals surface area contributed by atoms with Crippen molar-refractivity contribution < 1.29 is 14.7 Å². The number of nitrogens with one attached hydrogen (secondary N) is 1. The number of aromatic nitrogens is 2. The van der Waals surface area contributed by atoms with Gasteiger partial charge >= 0.3 is 0 Å². The minimum atomic E-state index is -0.532. The molecular weight excluding hydrogens is 284 g/mol. The normalized spacial score (nSPS) is 25.3. The molecule has 2 N–H and O–H groups in total. The molecule has 0 aliphatic carbocycles. The van der Waals surface area contributed by atoms with Gasteiger partial charge in [0.2, 0.25) is 11.8 Å². The topological polar surface area (TPSA) is 89.5 Å². The van der Waals surface area contributed by atoms with E-state index in [9.17, 15) is 14.7 Å². The Labute approximate surface area is 129 Å². The predicted octanol–water partition coefficient (Wildman–Crippen LogP) is -0.298. The summed E-state index contributed by atoms with van der Waals surface area (Å²) in [5.74, 6) is -0.0208. The van der Waals surface area contributed by atoms with Crippen LogP contribution in [0.25, 0.3) is 0 Å². The third-order valence-electron chi connectivity index (χ3n) is 4.49. The van der Waals surface area contributed by atoms with Gasteiger partial charge in [0.15, 0.2) is 0 Å². The molecule has 7 heteroatoms. The molecule has 2 fully saturated rings. The second kappa shape index (κ2) is 6.08. The van der Waals surface area contributed by atoms with E-state index in [1.54, 1.807) is 9.80 Å². The summed E-state index contributed by atoms with van der Waals surface area (Å²) < 4.78 is 0. The van der Waals surface area contributed by atoms with Crippen molar-refractivity contribution in [1.82, 2.24) is 20.0 Å². The fraction of sp³-hybridized carbons (Fsp3) is 0.667. The molecule has 0 bridgehead atoms. The van der Waals surface area contributed by atoms with Crippen LogP contribution in [0.1, 0.15) is 24.2 Å². The Balaban J connectivity index is 1.55. The maximum Gasteiger partial charge on any atom is 0.242 e. The lowest BCUT2D eigenvalue weighted by Crippen LogP contribution is -2.40. The van der Waals surface area contributed by atoms with Gasteiger partial charge in [-0.2, -0.15) is 5.10 Å². The zero-order valence-corrected chi connectivity index (χ0v) is 12.8. The molecule has 120 valence electrons. The number of H-pyrrole nitrogens is 1. The van der Waals surface area contributed by atoms with Gasteiger partial charge in [-0.3, -0.25) is 14.7 Å². The molecule has 0 saturated carbocycles. The van der Waals surface area contributed by atoms with Crippen LogP contribution in [-0.2, 0) is 16.0 Å². The standard InChI is InChI=1S/C15H22N4O3/c1-10-5-12(17-16-10)6-11-7-19(8-13(11)20)15(22)9-18-4-2-3-14(18)21/h5,11,13,20H,2-4,6-9H2,1H3,(H,16,17)/t11-,13-/m1/s1. The molecule has 2 saturated heterocycles. The van der Waals surface area contributed by atoms with Crippen molar-refractivity contribution in [1.29, 1.82) is 0 Å². The number of carbonyl (C=O) groups is 2. The number of aliphatic hydroxyl groups is 1. The zero-order valence-electron chi connectivity index (χ0n) is 12.8. The van der Waals surface area contributed by atoms with E-state index in [-0.39, 0.29) is 24.3 Å². The number of hydrogen-bond acceptors (Lipinski definition) is 4. The van der Waals surface area contributed by atoms with E-state index in [0.717, 1.165) is 17.8 Å². The highest BCUT2D eigenvalue weighted by molar-refractivity contribution is 5.86. The summed E-state index contributed by atoms with van der Waals surface area (Å²) >= 11 is 0. The molecule has 1 aromatic heterocycles. The van der Waals surface area contributed by atoms with E-state index < -0.39 is 6.10 Å². The highest BCUT2D eigenvalue weighted by Crippen LogP contribution is 2.22. The monoisotopic (exact) mass is 306 g/mol. The molecule has 0 unspecified atom stereocenters. The number of amides is 2. The smallest absolute Gasteiger partial charge is 0.242 e. The molecule has 22 heavy (non-hydrogen) atoms. The van der Waals surface area contributed by atoms with Crippen molar-refractivity contribution in [2.75, 3.05) is 26.2 Å². The van der Waals surface area contributed by atoms with Crippen LogP contribution in [-0.4, -0.2) is 69.2 Å². The van der Waals surface area contributed by atoms with Crippen molar-refractivity contribution in [3.8, 4) is 0 Å². The molecule has 0 aromatic carbocycles. The average Bonchev–Trinajstić information content (AvgIpc) is 3.15. The number of carbonyl (C=O) groups excluding carboxylic acids is 2. The maximum atomic E-state index is 12.3. The van der Waals surface area contributed by atoms with Crippen LogP contribution in [0.15, 0.2) is 6.07 Å². The van der Waals surface area contributed by atoms with Crippen LogP contribution in [0.2, 0.25) is 0 Å². The third kappa shape index (κ3) is 3.14. The third-order valence-corrected chi connectivity index (χ3v) is 4.49. The second-order valence-electron chi connectivity index (χ2n) is 6.29. The molecule has 2 amide bonds. The first-order valence-electron chi connectivity index (χ1n) is 7.77. The van der Waals surface area contributed by atoms with Gasteiger partial charge < -0.3 is 14.9 Å². The number of nitrogens with zero attached hydrogens (tertiary/aromatic N) is 3. The molecule has 3 heterocycles. The summed E-state index contributed by atoms with van der Waals surface area (Å²) in [6, 6.07) is 1.96. The summed E-state index contributed by atoms with van der Waals surface area (Å²) in [5, 5.41) is 17.2. The summed E-state index contributed by atoms with van der Waals surface area (Å²) in [4.78, 5) is 27.2. The zero-order chi connectivity index (χ0) is 15.7. The van der Waals surface area contributed by atoms with Crippen LogP contribution >= 0.6 is 0 Å². The van der Waals surface area contributed by atoms with E-state index in [1.165, 1.54) is 0 Å². The van der Waals surface area contributed by atoms with E-state index in [2.05, 4.69) is 10.2 Å². The Morgan fingerprint density at radius 2 is 2.32 bits per heavy atom. The van der Waals surface area contributed by atoms with Gasteiger partial charge in [0.05, 0.1) is 18.3 Å². The molecule has 2 aliphatic rings.